The number of ether oxygens (including phenoxy) is 1. The zero-order chi connectivity index (χ0) is 18.5. The number of carbonyl (C=O) groups is 2. The summed E-state index contributed by atoms with van der Waals surface area (Å²) in [6.07, 6.45) is 2.60. The van der Waals surface area contributed by atoms with Crippen LogP contribution in [0.5, 0.6) is 5.75 Å². The van der Waals surface area contributed by atoms with Crippen LogP contribution in [0.1, 0.15) is 22.6 Å². The summed E-state index contributed by atoms with van der Waals surface area (Å²) in [7, 11) is 3.46. The fourth-order valence-corrected chi connectivity index (χ4v) is 2.99. The van der Waals surface area contributed by atoms with Crippen molar-refractivity contribution in [3.63, 3.8) is 0 Å². The van der Waals surface area contributed by atoms with E-state index in [9.17, 15) is 9.59 Å². The van der Waals surface area contributed by atoms with Gasteiger partial charge in [-0.15, -0.1) is 10.2 Å². The molecule has 1 aromatic heterocycles. The highest BCUT2D eigenvalue weighted by Gasteiger charge is 2.24. The van der Waals surface area contributed by atoms with Gasteiger partial charge in [0, 0.05) is 51.6 Å². The maximum Gasteiger partial charge on any atom is 0.253 e. The molecule has 138 valence electrons. The lowest BCUT2D eigenvalue weighted by Crippen LogP contribution is -2.50. The molecule has 1 aliphatic rings. The van der Waals surface area contributed by atoms with Gasteiger partial charge in [0.25, 0.3) is 5.91 Å². The van der Waals surface area contributed by atoms with E-state index in [1.54, 1.807) is 42.6 Å². The van der Waals surface area contributed by atoms with Crippen LogP contribution in [0, 0.1) is 0 Å². The highest BCUT2D eigenvalue weighted by Crippen LogP contribution is 2.15. The highest BCUT2D eigenvalue weighted by molar-refractivity contribution is 5.94. The topological polar surface area (TPSA) is 80.6 Å². The maximum atomic E-state index is 12.6. The molecule has 26 heavy (non-hydrogen) atoms. The van der Waals surface area contributed by atoms with Crippen LogP contribution in [0.25, 0.3) is 0 Å². The summed E-state index contributed by atoms with van der Waals surface area (Å²) in [5, 5.41) is 7.81. The number of hydrogen-bond acceptors (Lipinski definition) is 5. The Hall–Kier alpha value is -2.90. The first kappa shape index (κ1) is 17.9. The van der Waals surface area contributed by atoms with Gasteiger partial charge in [0.05, 0.1) is 7.11 Å². The van der Waals surface area contributed by atoms with Gasteiger partial charge >= 0.3 is 0 Å². The molecule has 0 spiro atoms. The first-order chi connectivity index (χ1) is 12.6. The molecule has 0 unspecified atom stereocenters. The van der Waals surface area contributed by atoms with E-state index >= 15 is 0 Å². The lowest BCUT2D eigenvalue weighted by Gasteiger charge is -2.35. The van der Waals surface area contributed by atoms with E-state index in [0.29, 0.717) is 44.6 Å². The van der Waals surface area contributed by atoms with Crippen LogP contribution >= 0.6 is 0 Å². The quantitative estimate of drug-likeness (QED) is 0.788. The summed E-state index contributed by atoms with van der Waals surface area (Å²) in [6, 6.07) is 7.08. The predicted molar refractivity (Wildman–Crippen MR) is 94.8 cm³/mol. The first-order valence-corrected chi connectivity index (χ1v) is 8.62. The van der Waals surface area contributed by atoms with Crippen LogP contribution in [-0.4, -0.2) is 69.7 Å². The molecule has 1 aliphatic heterocycles. The van der Waals surface area contributed by atoms with Gasteiger partial charge in [-0.3, -0.25) is 9.59 Å². The normalized spacial score (nSPS) is 14.4. The van der Waals surface area contributed by atoms with Crippen molar-refractivity contribution in [3.8, 4) is 5.75 Å². The Balaban J connectivity index is 1.49. The van der Waals surface area contributed by atoms with Gasteiger partial charge in [-0.25, -0.2) is 0 Å². The second-order valence-corrected chi connectivity index (χ2v) is 6.26. The van der Waals surface area contributed by atoms with Crippen LogP contribution in [0.4, 0.5) is 0 Å². The number of nitrogens with zero attached hydrogens (tertiary/aromatic N) is 5. The Morgan fingerprint density at radius 1 is 1.08 bits per heavy atom. The number of rotatable bonds is 5. The number of benzene rings is 1. The standard InChI is InChI=1S/C18H23N5O3/c1-21-13-19-20-16(21)7-8-17(24)22-9-11-23(12-10-22)18(25)14-3-5-15(26-2)6-4-14/h3-6,13H,7-12H2,1-2H3. The zero-order valence-electron chi connectivity index (χ0n) is 15.1. The molecular weight excluding hydrogens is 334 g/mol. The molecule has 0 saturated carbocycles. The van der Waals surface area contributed by atoms with Crippen molar-refractivity contribution in [2.75, 3.05) is 33.3 Å². The minimum absolute atomic E-state index is 0.0150. The number of piperazine rings is 1. The van der Waals surface area contributed by atoms with Crippen molar-refractivity contribution in [2.24, 2.45) is 7.05 Å². The third-order valence-corrected chi connectivity index (χ3v) is 4.62. The fourth-order valence-electron chi connectivity index (χ4n) is 2.99. The molecule has 0 N–H and O–H groups in total. The van der Waals surface area contributed by atoms with Crippen molar-refractivity contribution in [3.05, 3.63) is 42.0 Å². The molecule has 2 amide bonds. The van der Waals surface area contributed by atoms with E-state index in [-0.39, 0.29) is 11.8 Å². The molecule has 0 aliphatic carbocycles. The lowest BCUT2D eigenvalue weighted by molar-refractivity contribution is -0.132. The summed E-state index contributed by atoms with van der Waals surface area (Å²) in [6.45, 7) is 2.19. The fraction of sp³-hybridized carbons (Fsp3) is 0.444. The van der Waals surface area contributed by atoms with Crippen molar-refractivity contribution >= 4 is 11.8 Å². The minimum atomic E-state index is -0.0150. The van der Waals surface area contributed by atoms with Gasteiger partial charge in [0.2, 0.25) is 5.91 Å². The molecule has 0 radical (unpaired) electrons. The molecule has 0 bridgehead atoms. The third kappa shape index (κ3) is 4.01. The minimum Gasteiger partial charge on any atom is -0.497 e. The zero-order valence-corrected chi connectivity index (χ0v) is 15.1. The molecule has 2 aromatic rings. The monoisotopic (exact) mass is 357 g/mol. The van der Waals surface area contributed by atoms with E-state index in [2.05, 4.69) is 10.2 Å². The average Bonchev–Trinajstić information content (AvgIpc) is 3.10. The molecule has 8 nitrogen and oxygen atoms in total. The van der Waals surface area contributed by atoms with Gasteiger partial charge in [0.15, 0.2) is 0 Å². The van der Waals surface area contributed by atoms with Crippen LogP contribution in [-0.2, 0) is 18.3 Å². The third-order valence-electron chi connectivity index (χ3n) is 4.62. The number of aromatic nitrogens is 3. The van der Waals surface area contributed by atoms with Crippen molar-refractivity contribution in [1.29, 1.82) is 0 Å². The lowest BCUT2D eigenvalue weighted by atomic mass is 10.1. The number of hydrogen-bond donors (Lipinski definition) is 0. The molecule has 1 aromatic carbocycles. The number of methoxy groups -OCH3 is 1. The maximum absolute atomic E-state index is 12.6. The molecule has 3 rings (SSSR count). The van der Waals surface area contributed by atoms with Crippen molar-refractivity contribution < 1.29 is 14.3 Å². The van der Waals surface area contributed by atoms with E-state index < -0.39 is 0 Å². The Bertz CT molecular complexity index is 763. The van der Waals surface area contributed by atoms with Crippen LogP contribution < -0.4 is 4.74 Å². The van der Waals surface area contributed by atoms with E-state index in [1.807, 2.05) is 16.5 Å². The predicted octanol–water partition coefficient (Wildman–Crippen LogP) is 0.741. The Morgan fingerprint density at radius 2 is 1.73 bits per heavy atom. The summed E-state index contributed by atoms with van der Waals surface area (Å²) >= 11 is 0. The number of amides is 2. The van der Waals surface area contributed by atoms with Gasteiger partial charge in [-0.2, -0.15) is 0 Å². The van der Waals surface area contributed by atoms with E-state index in [0.717, 1.165) is 11.6 Å². The second-order valence-electron chi connectivity index (χ2n) is 6.26. The summed E-state index contributed by atoms with van der Waals surface area (Å²) in [5.74, 6) is 1.59. The van der Waals surface area contributed by atoms with E-state index in [1.165, 1.54) is 0 Å². The molecule has 1 fully saturated rings. The van der Waals surface area contributed by atoms with Crippen molar-refractivity contribution in [2.45, 2.75) is 12.8 Å². The smallest absolute Gasteiger partial charge is 0.253 e. The van der Waals surface area contributed by atoms with Crippen LogP contribution in [0.3, 0.4) is 0 Å². The first-order valence-electron chi connectivity index (χ1n) is 8.62. The van der Waals surface area contributed by atoms with Crippen LogP contribution in [0.15, 0.2) is 30.6 Å². The molecule has 8 heteroatoms. The SMILES string of the molecule is COc1ccc(C(=O)N2CCN(C(=O)CCc3nncn3C)CC2)cc1. The summed E-state index contributed by atoms with van der Waals surface area (Å²) in [4.78, 5) is 28.5. The Morgan fingerprint density at radius 3 is 2.31 bits per heavy atom. The second kappa shape index (κ2) is 7.99. The summed E-state index contributed by atoms with van der Waals surface area (Å²) in [5.41, 5.74) is 0.632. The largest absolute Gasteiger partial charge is 0.497 e. The molecule has 2 heterocycles. The number of aryl methyl sites for hydroxylation is 2. The Labute approximate surface area is 152 Å². The van der Waals surface area contributed by atoms with Gasteiger partial charge in [0.1, 0.15) is 17.9 Å². The summed E-state index contributed by atoms with van der Waals surface area (Å²) < 4.78 is 6.93. The van der Waals surface area contributed by atoms with Gasteiger partial charge in [-0.1, -0.05) is 0 Å². The Kier molecular flexibility index (Phi) is 5.50. The molecular formula is C18H23N5O3. The van der Waals surface area contributed by atoms with E-state index in [4.69, 9.17) is 4.74 Å². The number of carbonyl (C=O) groups excluding carboxylic acids is 2. The van der Waals surface area contributed by atoms with Gasteiger partial charge < -0.3 is 19.1 Å². The molecule has 1 saturated heterocycles. The highest BCUT2D eigenvalue weighted by atomic mass is 16.5. The van der Waals surface area contributed by atoms with Crippen LogP contribution in [0.2, 0.25) is 0 Å². The van der Waals surface area contributed by atoms with Gasteiger partial charge in [-0.05, 0) is 24.3 Å². The van der Waals surface area contributed by atoms with Crippen molar-refractivity contribution in [1.82, 2.24) is 24.6 Å². The molecule has 0 atom stereocenters. The average molecular weight is 357 g/mol.